The number of carboxylic acid groups (broad SMARTS) is 1. The predicted octanol–water partition coefficient (Wildman–Crippen LogP) is 1.44. The summed E-state index contributed by atoms with van der Waals surface area (Å²) in [6.45, 7) is 2.75. The number of anilines is 2. The summed E-state index contributed by atoms with van der Waals surface area (Å²) < 4.78 is 11.1. The third-order valence-corrected chi connectivity index (χ3v) is 5.23. The van der Waals surface area contributed by atoms with E-state index < -0.39 is 11.4 Å². The van der Waals surface area contributed by atoms with E-state index in [1.54, 1.807) is 13.2 Å². The van der Waals surface area contributed by atoms with Crippen molar-refractivity contribution in [3.8, 4) is 11.5 Å². The minimum absolute atomic E-state index is 0.100. The molecule has 3 heterocycles. The van der Waals surface area contributed by atoms with Crippen LogP contribution in [0.3, 0.4) is 0 Å². The first kappa shape index (κ1) is 16.4. The second kappa shape index (κ2) is 5.76. The molecular formula is C18H20N4O4. The van der Waals surface area contributed by atoms with Gasteiger partial charge < -0.3 is 25.2 Å². The maximum atomic E-state index is 12.2. The number of nitrogens with zero attached hydrogens (tertiary/aromatic N) is 3. The molecule has 2 aliphatic rings. The van der Waals surface area contributed by atoms with Gasteiger partial charge in [-0.05, 0) is 13.0 Å². The molecule has 0 radical (unpaired) electrons. The summed E-state index contributed by atoms with van der Waals surface area (Å²) in [6, 6.07) is 7.34. The zero-order valence-corrected chi connectivity index (χ0v) is 14.6. The molecular weight excluding hydrogens is 336 g/mol. The highest BCUT2D eigenvalue weighted by Crippen LogP contribution is 2.51. The van der Waals surface area contributed by atoms with E-state index in [1.807, 2.05) is 30.0 Å². The molecule has 8 heteroatoms. The Bertz CT molecular complexity index is 867. The zero-order valence-electron chi connectivity index (χ0n) is 14.6. The quantitative estimate of drug-likeness (QED) is 0.850. The molecule has 1 fully saturated rings. The smallest absolute Gasteiger partial charge is 0.315 e. The highest BCUT2D eigenvalue weighted by Gasteiger charge is 2.57. The summed E-state index contributed by atoms with van der Waals surface area (Å²) in [7, 11) is 1.59. The van der Waals surface area contributed by atoms with Crippen molar-refractivity contribution < 1.29 is 19.4 Å². The van der Waals surface area contributed by atoms with Crippen LogP contribution < -0.4 is 20.1 Å². The fourth-order valence-corrected chi connectivity index (χ4v) is 3.90. The number of hydrogen-bond acceptors (Lipinski definition) is 7. The normalized spacial score (nSPS) is 23.8. The number of aliphatic carboxylic acids is 1. The van der Waals surface area contributed by atoms with Crippen LogP contribution in [-0.2, 0) is 4.79 Å². The molecule has 0 unspecified atom stereocenters. The van der Waals surface area contributed by atoms with Gasteiger partial charge in [0.05, 0.1) is 7.11 Å². The molecule has 3 N–H and O–H groups in total. The van der Waals surface area contributed by atoms with Gasteiger partial charge in [-0.15, -0.1) is 0 Å². The third-order valence-electron chi connectivity index (χ3n) is 5.23. The lowest BCUT2D eigenvalue weighted by molar-refractivity contribution is -0.151. The minimum atomic E-state index is -1.03. The summed E-state index contributed by atoms with van der Waals surface area (Å²) in [4.78, 5) is 22.5. The Labute approximate surface area is 150 Å². The molecule has 0 spiro atoms. The molecule has 0 aliphatic carbocycles. The Balaban J connectivity index is 1.76. The largest absolute Gasteiger partial charge is 0.497 e. The van der Waals surface area contributed by atoms with Crippen molar-refractivity contribution in [2.75, 3.05) is 37.4 Å². The van der Waals surface area contributed by atoms with Crippen molar-refractivity contribution >= 4 is 17.7 Å². The van der Waals surface area contributed by atoms with Gasteiger partial charge in [-0.3, -0.25) is 4.79 Å². The van der Waals surface area contributed by atoms with Crippen LogP contribution in [0, 0.1) is 12.3 Å². The van der Waals surface area contributed by atoms with Gasteiger partial charge in [0.1, 0.15) is 29.3 Å². The van der Waals surface area contributed by atoms with Gasteiger partial charge in [0, 0.05) is 42.4 Å². The van der Waals surface area contributed by atoms with Gasteiger partial charge in [0.15, 0.2) is 0 Å². The van der Waals surface area contributed by atoms with Crippen molar-refractivity contribution in [3.05, 3.63) is 35.5 Å². The van der Waals surface area contributed by atoms with Crippen molar-refractivity contribution in [1.29, 1.82) is 0 Å². The van der Waals surface area contributed by atoms with Crippen LogP contribution in [0.4, 0.5) is 11.8 Å². The van der Waals surface area contributed by atoms with Crippen molar-refractivity contribution in [2.24, 2.45) is 5.41 Å². The number of aromatic nitrogens is 2. The summed E-state index contributed by atoms with van der Waals surface area (Å²) in [5, 5.41) is 10.0. The molecule has 2 aromatic rings. The van der Waals surface area contributed by atoms with Crippen LogP contribution in [-0.4, -0.2) is 47.8 Å². The van der Waals surface area contributed by atoms with E-state index in [9.17, 15) is 9.90 Å². The number of aryl methyl sites for hydroxylation is 1. The zero-order chi connectivity index (χ0) is 18.5. The van der Waals surface area contributed by atoms with E-state index in [1.165, 1.54) is 0 Å². The van der Waals surface area contributed by atoms with E-state index in [0.717, 1.165) is 11.3 Å². The molecule has 2 atom stereocenters. The van der Waals surface area contributed by atoms with Crippen LogP contribution in [0.2, 0.25) is 0 Å². The van der Waals surface area contributed by atoms with E-state index in [0.29, 0.717) is 30.4 Å². The van der Waals surface area contributed by atoms with Crippen LogP contribution in [0.15, 0.2) is 24.3 Å². The topological polar surface area (TPSA) is 111 Å². The number of carboxylic acids is 1. The monoisotopic (exact) mass is 356 g/mol. The fourth-order valence-electron chi connectivity index (χ4n) is 3.90. The van der Waals surface area contributed by atoms with Crippen LogP contribution in [0.25, 0.3) is 0 Å². The summed E-state index contributed by atoms with van der Waals surface area (Å²) in [5.41, 5.74) is 6.36. The van der Waals surface area contributed by atoms with Gasteiger partial charge in [-0.2, -0.15) is 4.98 Å². The number of carbonyl (C=O) groups is 1. The van der Waals surface area contributed by atoms with E-state index >= 15 is 0 Å². The first-order valence-electron chi connectivity index (χ1n) is 8.33. The number of benzene rings is 1. The summed E-state index contributed by atoms with van der Waals surface area (Å²) >= 11 is 0. The standard InChI is InChI=1S/C18H20N4O4/c1-10-5-15(21-17(19)20-10)22-7-13-12-4-3-11(25-2)6-14(12)26-9-18(13,8-22)16(23)24/h3-6,13H,7-9H2,1-2H3,(H,23,24)(H2,19,20,21)/t13-,18-/m1/s1. The van der Waals surface area contributed by atoms with Gasteiger partial charge in [-0.1, -0.05) is 6.07 Å². The molecule has 0 saturated carbocycles. The highest BCUT2D eigenvalue weighted by molar-refractivity contribution is 5.80. The molecule has 1 saturated heterocycles. The minimum Gasteiger partial charge on any atom is -0.497 e. The van der Waals surface area contributed by atoms with Gasteiger partial charge >= 0.3 is 5.97 Å². The molecule has 8 nitrogen and oxygen atoms in total. The predicted molar refractivity (Wildman–Crippen MR) is 94.7 cm³/mol. The van der Waals surface area contributed by atoms with Gasteiger partial charge in [0.2, 0.25) is 5.95 Å². The molecule has 4 rings (SSSR count). The summed E-state index contributed by atoms with van der Waals surface area (Å²) in [5.74, 6) is 1.09. The second-order valence-electron chi connectivity index (χ2n) is 6.81. The number of rotatable bonds is 3. The SMILES string of the molecule is COc1ccc2c(c1)OC[C@]1(C(=O)O)CN(c3cc(C)nc(N)n3)C[C@H]21. The molecule has 26 heavy (non-hydrogen) atoms. The van der Waals surface area contributed by atoms with Crippen LogP contribution >= 0.6 is 0 Å². The third kappa shape index (κ3) is 2.40. The first-order chi connectivity index (χ1) is 12.4. The van der Waals surface area contributed by atoms with E-state index in [-0.39, 0.29) is 18.5 Å². The van der Waals surface area contributed by atoms with Gasteiger partial charge in [0.25, 0.3) is 0 Å². The van der Waals surface area contributed by atoms with Crippen molar-refractivity contribution in [2.45, 2.75) is 12.8 Å². The molecule has 1 aromatic carbocycles. The van der Waals surface area contributed by atoms with E-state index in [2.05, 4.69) is 9.97 Å². The Morgan fingerprint density at radius 1 is 1.42 bits per heavy atom. The van der Waals surface area contributed by atoms with E-state index in [4.69, 9.17) is 15.2 Å². The van der Waals surface area contributed by atoms with Crippen LogP contribution in [0.5, 0.6) is 11.5 Å². The van der Waals surface area contributed by atoms with Crippen molar-refractivity contribution in [1.82, 2.24) is 9.97 Å². The lowest BCUT2D eigenvalue weighted by atomic mass is 9.73. The second-order valence-corrected chi connectivity index (χ2v) is 6.81. The molecule has 0 amide bonds. The number of hydrogen-bond donors (Lipinski definition) is 2. The Morgan fingerprint density at radius 2 is 2.23 bits per heavy atom. The Kier molecular flexibility index (Phi) is 3.64. The van der Waals surface area contributed by atoms with Crippen LogP contribution in [0.1, 0.15) is 17.2 Å². The van der Waals surface area contributed by atoms with Gasteiger partial charge in [-0.25, -0.2) is 4.98 Å². The highest BCUT2D eigenvalue weighted by atomic mass is 16.5. The Morgan fingerprint density at radius 3 is 2.92 bits per heavy atom. The number of nitrogens with two attached hydrogens (primary N) is 1. The molecule has 136 valence electrons. The fraction of sp³-hybridized carbons (Fsp3) is 0.389. The Hall–Kier alpha value is -3.03. The maximum Gasteiger partial charge on any atom is 0.315 e. The molecule has 2 aliphatic heterocycles. The molecule has 1 aromatic heterocycles. The first-order valence-corrected chi connectivity index (χ1v) is 8.33. The summed E-state index contributed by atoms with van der Waals surface area (Å²) in [6.07, 6.45) is 0. The maximum absolute atomic E-state index is 12.2. The number of fused-ring (bicyclic) bond motifs is 3. The number of nitrogen functional groups attached to an aromatic ring is 1. The number of methoxy groups -OCH3 is 1. The lowest BCUT2D eigenvalue weighted by Gasteiger charge is -2.35. The average Bonchev–Trinajstić information content (AvgIpc) is 3.02. The average molecular weight is 356 g/mol. The lowest BCUT2D eigenvalue weighted by Crippen LogP contribution is -2.45. The van der Waals surface area contributed by atoms with Crippen molar-refractivity contribution in [3.63, 3.8) is 0 Å². The number of ether oxygens (including phenoxy) is 2. The molecule has 0 bridgehead atoms.